The van der Waals surface area contributed by atoms with Gasteiger partial charge < -0.3 is 10.4 Å². The van der Waals surface area contributed by atoms with Crippen LogP contribution in [0.25, 0.3) is 21.5 Å². The Balaban J connectivity index is 1.68. The van der Waals surface area contributed by atoms with Gasteiger partial charge in [0.1, 0.15) is 21.2 Å². The Morgan fingerprint density at radius 1 is 0.780 bits per heavy atom. The van der Waals surface area contributed by atoms with Crippen molar-refractivity contribution in [1.82, 2.24) is 0 Å². The first-order chi connectivity index (χ1) is 23.3. The topological polar surface area (TPSA) is 276 Å². The van der Waals surface area contributed by atoms with E-state index in [1.807, 2.05) is 6.07 Å². The van der Waals surface area contributed by atoms with E-state index in [1.54, 1.807) is 12.1 Å². The molecule has 0 radical (unpaired) electrons. The van der Waals surface area contributed by atoms with E-state index in [1.165, 1.54) is 37.4 Å². The summed E-state index contributed by atoms with van der Waals surface area (Å²) in [4.78, 5) is 9.50. The number of benzene rings is 5. The lowest BCUT2D eigenvalue weighted by Crippen LogP contribution is -2.26. The maximum absolute atomic E-state index is 12.5. The van der Waals surface area contributed by atoms with Gasteiger partial charge in [0.2, 0.25) is 5.91 Å². The van der Waals surface area contributed by atoms with E-state index in [0.29, 0.717) is 16.6 Å². The first-order valence-electron chi connectivity index (χ1n) is 13.8. The number of hydrogen-bond acceptors (Lipinski definition) is 13. The van der Waals surface area contributed by atoms with Gasteiger partial charge in [-0.3, -0.25) is 28.9 Å². The second-order valence-electron chi connectivity index (χ2n) is 10.6. The zero-order valence-corrected chi connectivity index (χ0v) is 28.0. The number of phenolic OH excluding ortho intramolecular Hbond substituents is 1. The Labute approximate surface area is 284 Å². The molecule has 0 saturated heterocycles. The fourth-order valence-electron chi connectivity index (χ4n) is 4.98. The summed E-state index contributed by atoms with van der Waals surface area (Å²) in [7, 11) is -13.5. The highest BCUT2D eigenvalue weighted by atomic mass is 32.2. The van der Waals surface area contributed by atoms with E-state index in [0.717, 1.165) is 42.3 Å². The third-order valence-electron chi connectivity index (χ3n) is 7.19. The van der Waals surface area contributed by atoms with Gasteiger partial charge in [-0.15, -0.1) is 5.11 Å². The van der Waals surface area contributed by atoms with Crippen molar-refractivity contribution in [2.75, 3.05) is 22.8 Å². The minimum atomic E-state index is -5.15. The summed E-state index contributed by atoms with van der Waals surface area (Å²) in [5.74, 6) is -1.58. The Bertz CT molecular complexity index is 2640. The average molecular weight is 741 g/mol. The van der Waals surface area contributed by atoms with Crippen LogP contribution in [0.15, 0.2) is 97.7 Å². The fourth-order valence-corrected chi connectivity index (χ4v) is 6.82. The molecule has 1 amide bonds. The largest absolute Gasteiger partial charge is 0.505 e. The number of nitrogens with one attached hydrogen (secondary N) is 2. The Hall–Kier alpha value is -5.69. The molecule has 0 atom stereocenters. The second-order valence-corrected chi connectivity index (χ2v) is 14.8. The molecule has 0 aliphatic heterocycles. The molecule has 0 unspecified atom stereocenters. The van der Waals surface area contributed by atoms with Gasteiger partial charge in [-0.1, -0.05) is 6.07 Å². The van der Waals surface area contributed by atoms with Crippen molar-refractivity contribution in [3.05, 3.63) is 78.4 Å². The quantitative estimate of drug-likeness (QED) is 0.0494. The summed E-state index contributed by atoms with van der Waals surface area (Å²) in [6.45, 7) is 1.05. The van der Waals surface area contributed by atoms with E-state index in [4.69, 9.17) is 5.26 Å². The van der Waals surface area contributed by atoms with Crippen molar-refractivity contribution >= 4 is 86.2 Å². The van der Waals surface area contributed by atoms with Crippen molar-refractivity contribution in [2.24, 2.45) is 10.2 Å². The van der Waals surface area contributed by atoms with Gasteiger partial charge >= 0.3 is 0 Å². The summed E-state index contributed by atoms with van der Waals surface area (Å²) in [5, 5.41) is 32.0. The highest BCUT2D eigenvalue weighted by Gasteiger charge is 2.26. The SMILES string of the molecule is CC(=O)Nc1cc2c(O)c(NN(C)c3ccc(N=Nc4ccc(C#N)cc4)c4ccc(S(=O)(=O)O)cc34)c(S(=O)(=O)O)cc2cc1S(=O)(=O)O. The standard InChI is InChI=1S/C30H24N6O11S3/c1-16(37)32-25-14-22-18(11-27(25)49(42,43)44)12-28(50(45,46)47)29(30(22)38)35-36(2)26-10-9-24(34-33-19-5-3-17(15-31)4-6-19)21-8-7-20(13-23(21)26)48(39,40)41/h3-14,35,38H,1-2H3,(H,32,37)(H,39,40,41)(H,42,43,44)(H,45,46,47). The maximum atomic E-state index is 12.5. The molecule has 5 aromatic carbocycles. The number of phenols is 1. The molecule has 0 saturated carbocycles. The number of nitrogens with zero attached hydrogens (tertiary/aromatic N) is 4. The number of carbonyl (C=O) groups excluding carboxylic acids is 1. The highest BCUT2D eigenvalue weighted by Crippen LogP contribution is 2.43. The van der Waals surface area contributed by atoms with E-state index in [2.05, 4.69) is 21.0 Å². The summed E-state index contributed by atoms with van der Waals surface area (Å²) >= 11 is 0. The fraction of sp³-hybridized carbons (Fsp3) is 0.0667. The van der Waals surface area contributed by atoms with Crippen molar-refractivity contribution < 1.29 is 48.8 Å². The number of amides is 1. The smallest absolute Gasteiger partial charge is 0.296 e. The van der Waals surface area contributed by atoms with E-state index >= 15 is 0 Å². The molecule has 50 heavy (non-hydrogen) atoms. The molecule has 5 aromatic rings. The van der Waals surface area contributed by atoms with Gasteiger partial charge in [0.15, 0.2) is 0 Å². The molecule has 0 aliphatic carbocycles. The monoisotopic (exact) mass is 740 g/mol. The molecule has 5 rings (SSSR count). The Morgan fingerprint density at radius 2 is 1.42 bits per heavy atom. The van der Waals surface area contributed by atoms with Gasteiger partial charge in [0, 0.05) is 30.1 Å². The van der Waals surface area contributed by atoms with Crippen molar-refractivity contribution in [3.8, 4) is 11.8 Å². The number of rotatable bonds is 9. The molecular formula is C30H24N6O11S3. The molecule has 0 aromatic heterocycles. The minimum Gasteiger partial charge on any atom is -0.505 e. The number of fused-ring (bicyclic) bond motifs is 2. The molecule has 0 bridgehead atoms. The molecule has 20 heteroatoms. The van der Waals surface area contributed by atoms with E-state index < -0.39 is 68.1 Å². The lowest BCUT2D eigenvalue weighted by molar-refractivity contribution is -0.114. The molecule has 0 spiro atoms. The van der Waals surface area contributed by atoms with Gasteiger partial charge in [-0.2, -0.15) is 35.6 Å². The van der Waals surface area contributed by atoms with Crippen LogP contribution in [0.1, 0.15) is 12.5 Å². The lowest BCUT2D eigenvalue weighted by atomic mass is 10.1. The van der Waals surface area contributed by atoms with Crippen LogP contribution in [-0.4, -0.2) is 57.0 Å². The number of carbonyl (C=O) groups is 1. The van der Waals surface area contributed by atoms with E-state index in [-0.39, 0.29) is 27.5 Å². The molecular weight excluding hydrogens is 717 g/mol. The molecule has 0 heterocycles. The van der Waals surface area contributed by atoms with Crippen LogP contribution in [0.2, 0.25) is 0 Å². The van der Waals surface area contributed by atoms with E-state index in [9.17, 15) is 48.8 Å². The van der Waals surface area contributed by atoms with Crippen LogP contribution in [0.3, 0.4) is 0 Å². The third kappa shape index (κ3) is 7.32. The molecule has 0 fully saturated rings. The van der Waals surface area contributed by atoms with Crippen LogP contribution in [0.5, 0.6) is 5.75 Å². The molecule has 17 nitrogen and oxygen atoms in total. The highest BCUT2D eigenvalue weighted by molar-refractivity contribution is 7.86. The van der Waals surface area contributed by atoms with Gasteiger partial charge in [0.05, 0.1) is 39.3 Å². The Kier molecular flexibility index (Phi) is 9.24. The normalized spacial score (nSPS) is 12.2. The lowest BCUT2D eigenvalue weighted by Gasteiger charge is -2.26. The van der Waals surface area contributed by atoms with Gasteiger partial charge in [0.25, 0.3) is 30.4 Å². The van der Waals surface area contributed by atoms with Crippen molar-refractivity contribution in [1.29, 1.82) is 5.26 Å². The number of anilines is 3. The zero-order valence-electron chi connectivity index (χ0n) is 25.6. The first kappa shape index (κ1) is 35.6. The minimum absolute atomic E-state index is 0.129. The van der Waals surface area contributed by atoms with Crippen molar-refractivity contribution in [2.45, 2.75) is 21.6 Å². The van der Waals surface area contributed by atoms with Gasteiger partial charge in [-0.05, 0) is 72.1 Å². The average Bonchev–Trinajstić information content (AvgIpc) is 3.03. The second kappa shape index (κ2) is 13.0. The summed E-state index contributed by atoms with van der Waals surface area (Å²) < 4.78 is 103. The molecule has 6 N–H and O–H groups in total. The van der Waals surface area contributed by atoms with Crippen LogP contribution < -0.4 is 15.8 Å². The first-order valence-corrected chi connectivity index (χ1v) is 18.1. The molecule has 258 valence electrons. The van der Waals surface area contributed by atoms with Crippen LogP contribution in [-0.2, 0) is 35.1 Å². The number of nitriles is 1. The van der Waals surface area contributed by atoms with Crippen LogP contribution >= 0.6 is 0 Å². The number of hydrazine groups is 1. The summed E-state index contributed by atoms with van der Waals surface area (Å²) in [5.41, 5.74) is 2.72. The summed E-state index contributed by atoms with van der Waals surface area (Å²) in [6.07, 6.45) is 0. The third-order valence-corrected chi connectivity index (χ3v) is 9.81. The predicted octanol–water partition coefficient (Wildman–Crippen LogP) is 5.15. The predicted molar refractivity (Wildman–Crippen MR) is 181 cm³/mol. The maximum Gasteiger partial charge on any atom is 0.296 e. The van der Waals surface area contributed by atoms with Crippen molar-refractivity contribution in [3.63, 3.8) is 0 Å². The number of aromatic hydroxyl groups is 1. The Morgan fingerprint density at radius 3 is 2.00 bits per heavy atom. The van der Waals surface area contributed by atoms with Crippen LogP contribution in [0.4, 0.5) is 28.4 Å². The van der Waals surface area contributed by atoms with Crippen LogP contribution in [0, 0.1) is 11.3 Å². The number of azo groups is 1. The molecule has 0 aliphatic rings. The number of hydrogen-bond donors (Lipinski definition) is 6. The summed E-state index contributed by atoms with van der Waals surface area (Å²) in [6, 6.07) is 17.2. The zero-order chi connectivity index (χ0) is 36.8. The van der Waals surface area contributed by atoms with Gasteiger partial charge in [-0.25, -0.2) is 0 Å².